The molecule has 2 atom stereocenters. The summed E-state index contributed by atoms with van der Waals surface area (Å²) in [6.45, 7) is 11.0. The summed E-state index contributed by atoms with van der Waals surface area (Å²) >= 11 is 0. The Labute approximate surface area is 123 Å². The van der Waals surface area contributed by atoms with E-state index in [4.69, 9.17) is 9.47 Å². The number of nitrogens with zero attached hydrogens (tertiary/aromatic N) is 2. The summed E-state index contributed by atoms with van der Waals surface area (Å²) in [6, 6.07) is 0. The molecule has 3 rings (SSSR count). The Morgan fingerprint density at radius 1 is 1.05 bits per heavy atom. The van der Waals surface area contributed by atoms with Crippen molar-refractivity contribution in [3.63, 3.8) is 0 Å². The molecule has 1 aliphatic carbocycles. The highest BCUT2D eigenvalue weighted by Crippen LogP contribution is 2.29. The van der Waals surface area contributed by atoms with Gasteiger partial charge in [-0.1, -0.05) is 0 Å². The second kappa shape index (κ2) is 7.21. The van der Waals surface area contributed by atoms with E-state index in [1.165, 1.54) is 45.3 Å². The molecular formula is C16H30N2O2. The monoisotopic (exact) mass is 282 g/mol. The van der Waals surface area contributed by atoms with Crippen LogP contribution >= 0.6 is 0 Å². The number of ether oxygens (including phenoxy) is 2. The van der Waals surface area contributed by atoms with Gasteiger partial charge in [-0.3, -0.25) is 9.80 Å². The molecule has 0 N–H and O–H groups in total. The third kappa shape index (κ3) is 4.69. The quantitative estimate of drug-likeness (QED) is 0.739. The zero-order chi connectivity index (χ0) is 13.8. The second-order valence-corrected chi connectivity index (χ2v) is 6.82. The average Bonchev–Trinajstić information content (AvgIpc) is 3.28. The lowest BCUT2D eigenvalue weighted by molar-refractivity contribution is -0.0296. The lowest BCUT2D eigenvalue weighted by Crippen LogP contribution is -2.47. The molecule has 0 bridgehead atoms. The van der Waals surface area contributed by atoms with Gasteiger partial charge in [0.2, 0.25) is 0 Å². The number of morpholine rings is 1. The summed E-state index contributed by atoms with van der Waals surface area (Å²) in [6.07, 6.45) is 6.25. The zero-order valence-electron chi connectivity index (χ0n) is 12.9. The summed E-state index contributed by atoms with van der Waals surface area (Å²) in [5, 5.41) is 0. The first-order valence-corrected chi connectivity index (χ1v) is 8.47. The van der Waals surface area contributed by atoms with Crippen LogP contribution in [0, 0.1) is 5.92 Å². The van der Waals surface area contributed by atoms with Crippen molar-refractivity contribution in [2.75, 3.05) is 52.5 Å². The Morgan fingerprint density at radius 3 is 2.60 bits per heavy atom. The molecule has 116 valence electrons. The van der Waals surface area contributed by atoms with Gasteiger partial charge < -0.3 is 9.47 Å². The fraction of sp³-hybridized carbons (Fsp3) is 1.00. The summed E-state index contributed by atoms with van der Waals surface area (Å²) in [4.78, 5) is 5.14. The highest BCUT2D eigenvalue weighted by molar-refractivity contribution is 4.78. The largest absolute Gasteiger partial charge is 0.377 e. The average molecular weight is 282 g/mol. The lowest BCUT2D eigenvalue weighted by Gasteiger charge is -2.36. The van der Waals surface area contributed by atoms with Crippen molar-refractivity contribution in [3.8, 4) is 0 Å². The Morgan fingerprint density at radius 2 is 1.85 bits per heavy atom. The van der Waals surface area contributed by atoms with E-state index in [2.05, 4.69) is 16.7 Å². The highest BCUT2D eigenvalue weighted by Gasteiger charge is 2.26. The fourth-order valence-corrected chi connectivity index (χ4v) is 3.29. The van der Waals surface area contributed by atoms with E-state index in [0.717, 1.165) is 38.8 Å². The predicted octanol–water partition coefficient (Wildman–Crippen LogP) is 1.60. The van der Waals surface area contributed by atoms with Crippen molar-refractivity contribution in [2.24, 2.45) is 5.92 Å². The predicted molar refractivity (Wildman–Crippen MR) is 80.0 cm³/mol. The Hall–Kier alpha value is -0.160. The lowest BCUT2D eigenvalue weighted by atomic mass is 10.1. The summed E-state index contributed by atoms with van der Waals surface area (Å²) in [5.74, 6) is 0.889. The maximum atomic E-state index is 6.07. The molecule has 0 unspecified atom stereocenters. The molecule has 4 heteroatoms. The second-order valence-electron chi connectivity index (χ2n) is 6.82. The van der Waals surface area contributed by atoms with Gasteiger partial charge in [-0.25, -0.2) is 0 Å². The smallest absolute Gasteiger partial charge is 0.0702 e. The van der Waals surface area contributed by atoms with E-state index in [-0.39, 0.29) is 0 Å². The van der Waals surface area contributed by atoms with E-state index in [1.54, 1.807) is 0 Å². The zero-order valence-corrected chi connectivity index (χ0v) is 12.9. The molecule has 4 nitrogen and oxygen atoms in total. The van der Waals surface area contributed by atoms with E-state index in [9.17, 15) is 0 Å². The highest BCUT2D eigenvalue weighted by atomic mass is 16.5. The molecule has 0 aromatic rings. The summed E-state index contributed by atoms with van der Waals surface area (Å²) in [7, 11) is 0. The molecule has 20 heavy (non-hydrogen) atoms. The van der Waals surface area contributed by atoms with Gasteiger partial charge in [-0.2, -0.15) is 0 Å². The molecule has 1 saturated carbocycles. The van der Waals surface area contributed by atoms with Gasteiger partial charge in [0.1, 0.15) is 0 Å². The maximum Gasteiger partial charge on any atom is 0.0702 e. The molecule has 0 spiro atoms. The van der Waals surface area contributed by atoms with Gasteiger partial charge in [0.05, 0.1) is 18.8 Å². The van der Waals surface area contributed by atoms with Crippen molar-refractivity contribution in [2.45, 2.75) is 44.8 Å². The van der Waals surface area contributed by atoms with Gasteiger partial charge >= 0.3 is 0 Å². The number of hydrogen-bond acceptors (Lipinski definition) is 4. The number of likely N-dealkylation sites (tertiary alicyclic amines) is 1. The van der Waals surface area contributed by atoms with Crippen LogP contribution in [-0.2, 0) is 9.47 Å². The van der Waals surface area contributed by atoms with Crippen LogP contribution in [-0.4, -0.2) is 74.5 Å². The van der Waals surface area contributed by atoms with Crippen LogP contribution in [0.2, 0.25) is 0 Å². The normalized spacial score (nSPS) is 33.5. The number of hydrogen-bond donors (Lipinski definition) is 0. The maximum absolute atomic E-state index is 6.07. The van der Waals surface area contributed by atoms with Gasteiger partial charge in [-0.15, -0.1) is 0 Å². The molecule has 0 aromatic carbocycles. The minimum absolute atomic E-state index is 0.403. The first-order chi connectivity index (χ1) is 9.79. The molecule has 3 aliphatic rings. The van der Waals surface area contributed by atoms with E-state index in [0.29, 0.717) is 12.2 Å². The molecule has 0 aromatic heterocycles. The van der Waals surface area contributed by atoms with Crippen LogP contribution in [0.3, 0.4) is 0 Å². The molecule has 0 radical (unpaired) electrons. The first kappa shape index (κ1) is 14.8. The first-order valence-electron chi connectivity index (χ1n) is 8.47. The van der Waals surface area contributed by atoms with Crippen molar-refractivity contribution in [3.05, 3.63) is 0 Å². The summed E-state index contributed by atoms with van der Waals surface area (Å²) in [5.41, 5.74) is 0. The molecule has 2 aliphatic heterocycles. The molecule has 3 fully saturated rings. The van der Waals surface area contributed by atoms with E-state index < -0.39 is 0 Å². The van der Waals surface area contributed by atoms with Crippen molar-refractivity contribution < 1.29 is 9.47 Å². The van der Waals surface area contributed by atoms with Gasteiger partial charge in [0.25, 0.3) is 0 Å². The number of piperidine rings is 1. The third-order valence-corrected chi connectivity index (χ3v) is 4.78. The van der Waals surface area contributed by atoms with E-state index >= 15 is 0 Å². The molecular weight excluding hydrogens is 252 g/mol. The minimum atomic E-state index is 0.403. The van der Waals surface area contributed by atoms with Crippen LogP contribution in [0.15, 0.2) is 0 Å². The standard InChI is InChI=1S/C16H30N2O2/c1-14-11-18(9-10-19-14)8-7-17-6-2-3-16(12-17)20-13-15-4-5-15/h14-16H,2-13H2,1H3/t14-,16-/m1/s1. The molecule has 2 heterocycles. The van der Waals surface area contributed by atoms with Crippen molar-refractivity contribution >= 4 is 0 Å². The summed E-state index contributed by atoms with van der Waals surface area (Å²) < 4.78 is 11.7. The Bertz CT molecular complexity index is 296. The van der Waals surface area contributed by atoms with Crippen LogP contribution in [0.1, 0.15) is 32.6 Å². The van der Waals surface area contributed by atoms with E-state index in [1.807, 2.05) is 0 Å². The number of rotatable bonds is 6. The van der Waals surface area contributed by atoms with Gasteiger partial charge in [0.15, 0.2) is 0 Å². The van der Waals surface area contributed by atoms with Crippen LogP contribution in [0.5, 0.6) is 0 Å². The Balaban J connectivity index is 1.33. The molecule has 0 amide bonds. The van der Waals surface area contributed by atoms with Crippen LogP contribution < -0.4 is 0 Å². The van der Waals surface area contributed by atoms with Crippen LogP contribution in [0.4, 0.5) is 0 Å². The van der Waals surface area contributed by atoms with Gasteiger partial charge in [0, 0.05) is 39.3 Å². The third-order valence-electron chi connectivity index (χ3n) is 4.78. The van der Waals surface area contributed by atoms with Crippen molar-refractivity contribution in [1.29, 1.82) is 0 Å². The van der Waals surface area contributed by atoms with Gasteiger partial charge in [-0.05, 0) is 45.1 Å². The molecule has 2 saturated heterocycles. The SMILES string of the molecule is C[C@@H]1CN(CCN2CCC[C@@H](OCC3CC3)C2)CCO1. The fourth-order valence-electron chi connectivity index (χ4n) is 3.29. The van der Waals surface area contributed by atoms with Crippen LogP contribution in [0.25, 0.3) is 0 Å². The topological polar surface area (TPSA) is 24.9 Å². The minimum Gasteiger partial charge on any atom is -0.377 e. The van der Waals surface area contributed by atoms with Crippen molar-refractivity contribution in [1.82, 2.24) is 9.80 Å². The Kier molecular flexibility index (Phi) is 5.32.